The van der Waals surface area contributed by atoms with Crippen LogP contribution in [0.2, 0.25) is 0 Å². The van der Waals surface area contributed by atoms with Gasteiger partial charge in [0.25, 0.3) is 5.56 Å². The molecule has 3 rings (SSSR count). The summed E-state index contributed by atoms with van der Waals surface area (Å²) in [7, 11) is 3.63. The molecule has 150 valence electrons. The maximum Gasteiger partial charge on any atom is 0.347 e. The zero-order chi connectivity index (χ0) is 20.4. The second-order valence-corrected chi connectivity index (χ2v) is 7.44. The van der Waals surface area contributed by atoms with E-state index in [4.69, 9.17) is 0 Å². The van der Waals surface area contributed by atoms with Crippen LogP contribution in [0.3, 0.4) is 0 Å². The minimum atomic E-state index is -0.325. The summed E-state index contributed by atoms with van der Waals surface area (Å²) in [6, 6.07) is 3.34. The number of aromatic amines is 1. The number of H-pyrrole nitrogens is 1. The number of anilines is 1. The second-order valence-electron chi connectivity index (χ2n) is 7.44. The molecule has 0 saturated carbocycles. The molecule has 0 aromatic carbocycles. The number of rotatable bonds is 5. The Morgan fingerprint density at radius 3 is 2.68 bits per heavy atom. The number of amides is 1. The maximum atomic E-state index is 12.6. The summed E-state index contributed by atoms with van der Waals surface area (Å²) >= 11 is 0. The maximum absolute atomic E-state index is 12.6. The van der Waals surface area contributed by atoms with Crippen LogP contribution in [0.1, 0.15) is 35.8 Å². The third kappa shape index (κ3) is 4.29. The Morgan fingerprint density at radius 1 is 1.25 bits per heavy atom. The van der Waals surface area contributed by atoms with Crippen molar-refractivity contribution < 1.29 is 4.79 Å². The van der Waals surface area contributed by atoms with Crippen LogP contribution in [0, 0.1) is 13.8 Å². The predicted octanol–water partition coefficient (Wildman–Crippen LogP) is 0.416. The predicted molar refractivity (Wildman–Crippen MR) is 106 cm³/mol. The second kappa shape index (κ2) is 7.95. The largest absolute Gasteiger partial charge is 0.348 e. The van der Waals surface area contributed by atoms with Gasteiger partial charge < -0.3 is 9.80 Å². The van der Waals surface area contributed by atoms with Gasteiger partial charge >= 0.3 is 5.69 Å². The fraction of sp³-hybridized carbons (Fsp3) is 0.526. The summed E-state index contributed by atoms with van der Waals surface area (Å²) in [5.41, 5.74) is 1.66. The van der Waals surface area contributed by atoms with Crippen LogP contribution in [0.5, 0.6) is 0 Å². The number of likely N-dealkylation sites (tertiary alicyclic amines) is 1. The van der Waals surface area contributed by atoms with Crippen molar-refractivity contribution in [3.8, 4) is 0 Å². The van der Waals surface area contributed by atoms with Gasteiger partial charge in [-0.3, -0.25) is 19.1 Å². The first kappa shape index (κ1) is 19.8. The van der Waals surface area contributed by atoms with Crippen LogP contribution >= 0.6 is 0 Å². The van der Waals surface area contributed by atoms with Crippen LogP contribution in [-0.2, 0) is 11.3 Å². The van der Waals surface area contributed by atoms with Crippen molar-refractivity contribution in [1.82, 2.24) is 24.4 Å². The molecule has 3 heterocycles. The van der Waals surface area contributed by atoms with Crippen LogP contribution in [0.25, 0.3) is 0 Å². The van der Waals surface area contributed by atoms with E-state index in [1.807, 2.05) is 27.1 Å². The highest BCUT2D eigenvalue weighted by Crippen LogP contribution is 2.26. The molecule has 1 N–H and O–H groups in total. The van der Waals surface area contributed by atoms with Crippen LogP contribution < -0.4 is 16.1 Å². The third-order valence-corrected chi connectivity index (χ3v) is 5.03. The Labute approximate surface area is 163 Å². The fourth-order valence-electron chi connectivity index (χ4n) is 3.52. The lowest BCUT2D eigenvalue weighted by atomic mass is 10.1. The quantitative estimate of drug-likeness (QED) is 0.798. The van der Waals surface area contributed by atoms with Crippen molar-refractivity contribution in [2.45, 2.75) is 39.2 Å². The molecule has 1 aliphatic rings. The minimum absolute atomic E-state index is 0.00736. The topological polar surface area (TPSA) is 104 Å². The molecular formula is C19H26N6O3. The van der Waals surface area contributed by atoms with Gasteiger partial charge in [0.1, 0.15) is 0 Å². The van der Waals surface area contributed by atoms with Crippen molar-refractivity contribution >= 4 is 11.9 Å². The summed E-state index contributed by atoms with van der Waals surface area (Å²) in [5, 5.41) is 0. The van der Waals surface area contributed by atoms with Gasteiger partial charge in [-0.1, -0.05) is 0 Å². The van der Waals surface area contributed by atoms with Gasteiger partial charge in [0.05, 0.1) is 5.69 Å². The van der Waals surface area contributed by atoms with E-state index >= 15 is 0 Å². The molecule has 0 unspecified atom stereocenters. The third-order valence-electron chi connectivity index (χ3n) is 5.03. The summed E-state index contributed by atoms with van der Waals surface area (Å²) in [5.74, 6) is 0.538. The summed E-state index contributed by atoms with van der Waals surface area (Å²) in [6.45, 7) is 5.08. The molecule has 1 atom stereocenters. The highest BCUT2D eigenvalue weighted by atomic mass is 16.2. The number of aryl methyl sites for hydroxylation is 2. The fourth-order valence-corrected chi connectivity index (χ4v) is 3.52. The number of hydrogen-bond donors (Lipinski definition) is 1. The molecule has 1 fully saturated rings. The first-order valence-corrected chi connectivity index (χ1v) is 9.36. The molecular weight excluding hydrogens is 360 g/mol. The summed E-state index contributed by atoms with van der Waals surface area (Å²) < 4.78 is 1.53. The van der Waals surface area contributed by atoms with E-state index in [2.05, 4.69) is 15.0 Å². The van der Waals surface area contributed by atoms with Gasteiger partial charge in [-0.15, -0.1) is 0 Å². The van der Waals surface area contributed by atoms with Crippen molar-refractivity contribution in [2.24, 2.45) is 0 Å². The lowest BCUT2D eigenvalue weighted by molar-refractivity contribution is -0.130. The lowest BCUT2D eigenvalue weighted by Crippen LogP contribution is -2.32. The first-order valence-electron chi connectivity index (χ1n) is 9.36. The van der Waals surface area contributed by atoms with Crippen LogP contribution in [0.15, 0.2) is 21.7 Å². The zero-order valence-electron chi connectivity index (χ0n) is 16.7. The molecule has 1 aliphatic heterocycles. The Kier molecular flexibility index (Phi) is 5.62. The molecule has 0 bridgehead atoms. The van der Waals surface area contributed by atoms with E-state index in [-0.39, 0.29) is 29.5 Å². The van der Waals surface area contributed by atoms with Crippen molar-refractivity contribution in [3.63, 3.8) is 0 Å². The highest BCUT2D eigenvalue weighted by molar-refractivity contribution is 5.76. The van der Waals surface area contributed by atoms with Gasteiger partial charge in [0.2, 0.25) is 11.9 Å². The number of carbonyl (C=O) groups is 1. The van der Waals surface area contributed by atoms with Crippen molar-refractivity contribution in [3.05, 3.63) is 50.1 Å². The summed E-state index contributed by atoms with van der Waals surface area (Å²) in [6.07, 6.45) is 1.00. The van der Waals surface area contributed by atoms with E-state index in [9.17, 15) is 14.4 Å². The lowest BCUT2D eigenvalue weighted by Gasteiger charge is -2.18. The van der Waals surface area contributed by atoms with Gasteiger partial charge in [0.15, 0.2) is 0 Å². The smallest absolute Gasteiger partial charge is 0.347 e. The molecule has 1 saturated heterocycles. The minimum Gasteiger partial charge on any atom is -0.348 e. The molecule has 2 aromatic heterocycles. The standard InChI is InChI=1S/C19H26N6O3/c1-12-9-13(2)25(19(28)20-12)8-6-17(27)24-7-5-14(11-24)15-10-16(26)22-18(21-15)23(3)4/h9-10,14H,5-8,11H2,1-4H3,(H,21,22,26)/t14-/m0/s1. The normalized spacial score (nSPS) is 16.4. The number of carbonyl (C=O) groups excluding carboxylic acids is 1. The Morgan fingerprint density at radius 2 is 2.00 bits per heavy atom. The first-order chi connectivity index (χ1) is 13.2. The summed E-state index contributed by atoms with van der Waals surface area (Å²) in [4.78, 5) is 51.2. The number of hydrogen-bond acceptors (Lipinski definition) is 6. The Bertz CT molecular complexity index is 994. The molecule has 9 nitrogen and oxygen atoms in total. The Hall–Kier alpha value is -2.97. The SMILES string of the molecule is Cc1cc(C)n(CCC(=O)N2CC[C@H](c3cc(=O)[nH]c(N(C)C)n3)C2)c(=O)n1. The average Bonchev–Trinajstić information content (AvgIpc) is 3.10. The molecule has 28 heavy (non-hydrogen) atoms. The number of nitrogens with one attached hydrogen (secondary N) is 1. The number of aromatic nitrogens is 4. The van der Waals surface area contributed by atoms with Gasteiger partial charge in [0, 0.05) is 63.5 Å². The molecule has 2 aromatic rings. The monoisotopic (exact) mass is 386 g/mol. The van der Waals surface area contributed by atoms with Crippen molar-refractivity contribution in [1.29, 1.82) is 0 Å². The van der Waals surface area contributed by atoms with E-state index in [0.717, 1.165) is 12.1 Å². The van der Waals surface area contributed by atoms with E-state index in [0.29, 0.717) is 37.0 Å². The van der Waals surface area contributed by atoms with Gasteiger partial charge in [-0.2, -0.15) is 4.98 Å². The molecule has 9 heteroatoms. The van der Waals surface area contributed by atoms with E-state index < -0.39 is 0 Å². The van der Waals surface area contributed by atoms with Crippen LogP contribution in [-0.4, -0.2) is 57.5 Å². The van der Waals surface area contributed by atoms with Gasteiger partial charge in [-0.05, 0) is 26.3 Å². The van der Waals surface area contributed by atoms with E-state index in [1.165, 1.54) is 10.6 Å². The van der Waals surface area contributed by atoms with E-state index in [1.54, 1.807) is 16.7 Å². The highest BCUT2D eigenvalue weighted by Gasteiger charge is 2.28. The molecule has 1 amide bonds. The van der Waals surface area contributed by atoms with Crippen molar-refractivity contribution in [2.75, 3.05) is 32.1 Å². The molecule has 0 spiro atoms. The zero-order valence-corrected chi connectivity index (χ0v) is 16.7. The average molecular weight is 386 g/mol. The van der Waals surface area contributed by atoms with Gasteiger partial charge in [-0.25, -0.2) is 9.78 Å². The van der Waals surface area contributed by atoms with Crippen LogP contribution in [0.4, 0.5) is 5.95 Å². The molecule has 0 radical (unpaired) electrons. The molecule has 0 aliphatic carbocycles. The Balaban J connectivity index is 1.65. The number of nitrogens with zero attached hydrogens (tertiary/aromatic N) is 5.